The van der Waals surface area contributed by atoms with Crippen molar-refractivity contribution in [3.8, 4) is 5.75 Å². The van der Waals surface area contributed by atoms with Crippen LogP contribution < -0.4 is 15.4 Å². The van der Waals surface area contributed by atoms with Crippen LogP contribution in [0.1, 0.15) is 18.4 Å². The first-order valence-corrected chi connectivity index (χ1v) is 7.92. The van der Waals surface area contributed by atoms with Gasteiger partial charge in [0, 0.05) is 12.2 Å². The Morgan fingerprint density at radius 2 is 1.67 bits per heavy atom. The molecule has 0 radical (unpaired) electrons. The van der Waals surface area contributed by atoms with Gasteiger partial charge in [-0.05, 0) is 42.7 Å². The number of carbonyl (C=O) groups excluding carboxylic acids is 2. The summed E-state index contributed by atoms with van der Waals surface area (Å²) in [5.41, 5.74) is 0.739. The second kappa shape index (κ2) is 6.74. The maximum Gasteiger partial charge on any atom is 0.240 e. The molecule has 1 fully saturated rings. The Bertz CT molecular complexity index is 722. The van der Waals surface area contributed by atoms with Crippen molar-refractivity contribution in [2.75, 3.05) is 12.4 Å². The lowest BCUT2D eigenvalue weighted by Crippen LogP contribution is -2.39. The minimum atomic E-state index is -0.928. The van der Waals surface area contributed by atoms with Gasteiger partial charge in [0.15, 0.2) is 0 Å². The molecule has 0 heterocycles. The Labute approximate surface area is 141 Å². The molecule has 0 bridgehead atoms. The molecule has 0 atom stereocenters. The quantitative estimate of drug-likeness (QED) is 0.803. The molecule has 1 aliphatic carbocycles. The molecule has 0 saturated heterocycles. The Morgan fingerprint density at radius 1 is 1.00 bits per heavy atom. The fraction of sp³-hybridized carbons (Fsp3) is 0.263. The van der Waals surface area contributed by atoms with Crippen molar-refractivity contribution in [3.63, 3.8) is 0 Å². The maximum absolute atomic E-state index is 12.5. The van der Waals surface area contributed by atoms with Crippen LogP contribution in [0.2, 0.25) is 0 Å². The molecule has 5 nitrogen and oxygen atoms in total. The van der Waals surface area contributed by atoms with E-state index in [0.717, 1.165) is 11.3 Å². The number of rotatable bonds is 6. The first-order chi connectivity index (χ1) is 11.6. The van der Waals surface area contributed by atoms with Gasteiger partial charge in [0.1, 0.15) is 11.2 Å². The van der Waals surface area contributed by atoms with E-state index in [1.807, 2.05) is 54.6 Å². The van der Waals surface area contributed by atoms with E-state index in [1.165, 1.54) is 0 Å². The zero-order valence-electron chi connectivity index (χ0n) is 13.5. The van der Waals surface area contributed by atoms with E-state index >= 15 is 0 Å². The van der Waals surface area contributed by atoms with Crippen molar-refractivity contribution in [1.29, 1.82) is 0 Å². The number of nitrogens with one attached hydrogen (secondary N) is 2. The van der Waals surface area contributed by atoms with Gasteiger partial charge in [-0.15, -0.1) is 0 Å². The van der Waals surface area contributed by atoms with Crippen LogP contribution in [0.4, 0.5) is 5.69 Å². The summed E-state index contributed by atoms with van der Waals surface area (Å²) < 4.78 is 5.11. The smallest absolute Gasteiger partial charge is 0.240 e. The van der Waals surface area contributed by atoms with Crippen LogP contribution >= 0.6 is 0 Å². The van der Waals surface area contributed by atoms with Gasteiger partial charge in [0.2, 0.25) is 11.8 Å². The zero-order valence-corrected chi connectivity index (χ0v) is 13.5. The normalized spacial score (nSPS) is 14.5. The summed E-state index contributed by atoms with van der Waals surface area (Å²) >= 11 is 0. The molecule has 1 aliphatic rings. The van der Waals surface area contributed by atoms with Crippen molar-refractivity contribution < 1.29 is 14.3 Å². The average molecular weight is 324 g/mol. The predicted molar refractivity (Wildman–Crippen MR) is 91.6 cm³/mol. The van der Waals surface area contributed by atoms with Crippen LogP contribution in [0.25, 0.3) is 0 Å². The molecule has 2 aromatic rings. The number of carbonyl (C=O) groups is 2. The van der Waals surface area contributed by atoms with E-state index in [1.54, 1.807) is 7.11 Å². The molecule has 2 aromatic carbocycles. The molecule has 0 spiro atoms. The minimum absolute atomic E-state index is 0.216. The first-order valence-electron chi connectivity index (χ1n) is 7.92. The van der Waals surface area contributed by atoms with Crippen LogP contribution in [0, 0.1) is 5.41 Å². The van der Waals surface area contributed by atoms with Crippen LogP contribution in [0.3, 0.4) is 0 Å². The first kappa shape index (κ1) is 16.1. The van der Waals surface area contributed by atoms with Gasteiger partial charge >= 0.3 is 0 Å². The lowest BCUT2D eigenvalue weighted by molar-refractivity contribution is -0.134. The summed E-state index contributed by atoms with van der Waals surface area (Å²) in [6.45, 7) is 0.392. The predicted octanol–water partition coefficient (Wildman–Crippen LogP) is 2.73. The van der Waals surface area contributed by atoms with E-state index < -0.39 is 5.41 Å². The van der Waals surface area contributed by atoms with Crippen LogP contribution in [0.5, 0.6) is 5.75 Å². The SMILES string of the molecule is COc1ccc(CNC(=O)C2(C(=O)Nc3ccccc3)CC2)cc1. The number of benzene rings is 2. The number of anilines is 1. The summed E-state index contributed by atoms with van der Waals surface area (Å²) in [4.78, 5) is 24.9. The summed E-state index contributed by atoms with van der Waals surface area (Å²) in [6.07, 6.45) is 1.17. The Hall–Kier alpha value is -2.82. The highest BCUT2D eigenvalue weighted by atomic mass is 16.5. The van der Waals surface area contributed by atoms with Crippen LogP contribution in [-0.4, -0.2) is 18.9 Å². The third-order valence-electron chi connectivity index (χ3n) is 4.26. The molecule has 24 heavy (non-hydrogen) atoms. The third kappa shape index (κ3) is 3.40. The molecule has 5 heteroatoms. The Morgan fingerprint density at radius 3 is 2.25 bits per heavy atom. The second-order valence-electron chi connectivity index (χ2n) is 5.93. The van der Waals surface area contributed by atoms with Gasteiger partial charge in [-0.25, -0.2) is 0 Å². The van der Waals surface area contributed by atoms with E-state index in [0.29, 0.717) is 25.1 Å². The third-order valence-corrected chi connectivity index (χ3v) is 4.26. The molecular formula is C19H20N2O3. The van der Waals surface area contributed by atoms with Crippen LogP contribution in [-0.2, 0) is 16.1 Å². The van der Waals surface area contributed by atoms with Gasteiger partial charge in [0.05, 0.1) is 7.11 Å². The molecule has 0 aromatic heterocycles. The summed E-state index contributed by atoms with van der Waals surface area (Å²) in [7, 11) is 1.61. The van der Waals surface area contributed by atoms with Gasteiger partial charge in [-0.1, -0.05) is 30.3 Å². The van der Waals surface area contributed by atoms with Gasteiger partial charge in [-0.2, -0.15) is 0 Å². The molecule has 0 aliphatic heterocycles. The topological polar surface area (TPSA) is 67.4 Å². The van der Waals surface area contributed by atoms with Gasteiger partial charge in [0.25, 0.3) is 0 Å². The molecule has 2 N–H and O–H groups in total. The number of hydrogen-bond donors (Lipinski definition) is 2. The highest BCUT2D eigenvalue weighted by Crippen LogP contribution is 2.46. The highest BCUT2D eigenvalue weighted by molar-refractivity contribution is 6.13. The standard InChI is InChI=1S/C19H20N2O3/c1-24-16-9-7-14(8-10-16)13-20-17(22)19(11-12-19)18(23)21-15-5-3-2-4-6-15/h2-10H,11-13H2,1H3,(H,20,22)(H,21,23). The average Bonchev–Trinajstić information content (AvgIpc) is 3.43. The van der Waals surface area contributed by atoms with Crippen molar-refractivity contribution in [3.05, 3.63) is 60.2 Å². The lowest BCUT2D eigenvalue weighted by Gasteiger charge is -2.15. The Kier molecular flexibility index (Phi) is 4.51. The molecule has 3 rings (SSSR count). The molecule has 1 saturated carbocycles. The summed E-state index contributed by atoms with van der Waals surface area (Å²) in [5, 5.41) is 5.69. The van der Waals surface area contributed by atoms with Gasteiger partial charge in [-0.3, -0.25) is 9.59 Å². The van der Waals surface area contributed by atoms with Crippen molar-refractivity contribution in [2.45, 2.75) is 19.4 Å². The Balaban J connectivity index is 1.58. The van der Waals surface area contributed by atoms with Crippen LogP contribution in [0.15, 0.2) is 54.6 Å². The molecule has 0 unspecified atom stereocenters. The second-order valence-corrected chi connectivity index (χ2v) is 5.93. The minimum Gasteiger partial charge on any atom is -0.497 e. The summed E-state index contributed by atoms with van der Waals surface area (Å²) in [5.74, 6) is 0.318. The van der Waals surface area contributed by atoms with Crippen molar-refractivity contribution in [2.24, 2.45) is 5.41 Å². The van der Waals surface area contributed by atoms with E-state index in [-0.39, 0.29) is 11.8 Å². The summed E-state index contributed by atoms with van der Waals surface area (Å²) in [6, 6.07) is 16.7. The number of amides is 2. The fourth-order valence-electron chi connectivity index (χ4n) is 2.55. The number of hydrogen-bond acceptors (Lipinski definition) is 3. The van der Waals surface area contributed by atoms with Gasteiger partial charge < -0.3 is 15.4 Å². The lowest BCUT2D eigenvalue weighted by atomic mass is 10.0. The fourth-order valence-corrected chi connectivity index (χ4v) is 2.55. The highest BCUT2D eigenvalue weighted by Gasteiger charge is 2.56. The molecular weight excluding hydrogens is 304 g/mol. The largest absolute Gasteiger partial charge is 0.497 e. The molecule has 124 valence electrons. The van der Waals surface area contributed by atoms with Crippen molar-refractivity contribution >= 4 is 17.5 Å². The zero-order chi connectivity index (χ0) is 17.0. The molecule has 2 amide bonds. The van der Waals surface area contributed by atoms with E-state index in [2.05, 4.69) is 10.6 Å². The number of methoxy groups -OCH3 is 1. The van der Waals surface area contributed by atoms with Crippen molar-refractivity contribution in [1.82, 2.24) is 5.32 Å². The van der Waals surface area contributed by atoms with E-state index in [9.17, 15) is 9.59 Å². The van der Waals surface area contributed by atoms with E-state index in [4.69, 9.17) is 4.74 Å². The monoisotopic (exact) mass is 324 g/mol. The number of para-hydroxylation sites is 1. The number of ether oxygens (including phenoxy) is 1. The maximum atomic E-state index is 12.5.